The van der Waals surface area contributed by atoms with Crippen LogP contribution in [0, 0.1) is 20.8 Å². The van der Waals surface area contributed by atoms with Crippen LogP contribution in [-0.4, -0.2) is 10.2 Å². The van der Waals surface area contributed by atoms with E-state index in [1.807, 2.05) is 26.0 Å². The van der Waals surface area contributed by atoms with Gasteiger partial charge in [-0.2, -0.15) is 0 Å². The molecule has 0 bridgehead atoms. The van der Waals surface area contributed by atoms with Crippen LogP contribution in [0.15, 0.2) is 24.3 Å². The van der Waals surface area contributed by atoms with E-state index in [1.165, 1.54) is 5.56 Å². The Hall–Kier alpha value is -1.41. The lowest BCUT2D eigenvalue weighted by atomic mass is 10.0. The molecule has 16 heavy (non-hydrogen) atoms. The van der Waals surface area contributed by atoms with Crippen molar-refractivity contribution in [3.8, 4) is 11.3 Å². The molecule has 0 aliphatic heterocycles. The van der Waals surface area contributed by atoms with Crippen LogP contribution in [0.5, 0.6) is 0 Å². The van der Waals surface area contributed by atoms with Gasteiger partial charge in [0.1, 0.15) is 0 Å². The fourth-order valence-corrected chi connectivity index (χ4v) is 1.82. The fraction of sp³-hybridized carbons (Fsp3) is 0.231. The highest BCUT2D eigenvalue weighted by atomic mass is 35.5. The Morgan fingerprint density at radius 2 is 1.75 bits per heavy atom. The molecule has 82 valence electrons. The number of hydrogen-bond acceptors (Lipinski definition) is 2. The van der Waals surface area contributed by atoms with E-state index >= 15 is 0 Å². The van der Waals surface area contributed by atoms with Gasteiger partial charge in [0.2, 0.25) is 0 Å². The first-order chi connectivity index (χ1) is 7.59. The van der Waals surface area contributed by atoms with E-state index in [4.69, 9.17) is 11.6 Å². The lowest BCUT2D eigenvalue weighted by Gasteiger charge is -2.08. The van der Waals surface area contributed by atoms with Crippen molar-refractivity contribution in [1.29, 1.82) is 0 Å². The number of benzene rings is 1. The van der Waals surface area contributed by atoms with Crippen molar-refractivity contribution in [2.24, 2.45) is 0 Å². The minimum absolute atomic E-state index is 0.480. The summed E-state index contributed by atoms with van der Waals surface area (Å²) < 4.78 is 0. The molecule has 0 N–H and O–H groups in total. The normalized spacial score (nSPS) is 10.5. The van der Waals surface area contributed by atoms with Gasteiger partial charge in [0.15, 0.2) is 5.15 Å². The molecule has 1 aromatic carbocycles. The van der Waals surface area contributed by atoms with Crippen LogP contribution < -0.4 is 0 Å². The SMILES string of the molecule is Cc1cccc(-c2nnc(Cl)c(C)c2C)c1. The molecule has 2 nitrogen and oxygen atoms in total. The Morgan fingerprint density at radius 3 is 2.44 bits per heavy atom. The number of halogens is 1. The van der Waals surface area contributed by atoms with Crippen molar-refractivity contribution in [2.75, 3.05) is 0 Å². The van der Waals surface area contributed by atoms with Gasteiger partial charge in [0, 0.05) is 5.56 Å². The van der Waals surface area contributed by atoms with Crippen molar-refractivity contribution in [3.05, 3.63) is 46.1 Å². The summed E-state index contributed by atoms with van der Waals surface area (Å²) in [6.45, 7) is 6.05. The average Bonchev–Trinajstić information content (AvgIpc) is 2.26. The van der Waals surface area contributed by atoms with Crippen LogP contribution in [0.4, 0.5) is 0 Å². The van der Waals surface area contributed by atoms with Gasteiger partial charge in [-0.15, -0.1) is 10.2 Å². The second-order valence-corrected chi connectivity index (χ2v) is 4.32. The third-order valence-corrected chi connectivity index (χ3v) is 3.12. The van der Waals surface area contributed by atoms with Gasteiger partial charge in [0.05, 0.1) is 5.69 Å². The Kier molecular flexibility index (Phi) is 2.92. The van der Waals surface area contributed by atoms with Gasteiger partial charge in [-0.3, -0.25) is 0 Å². The molecule has 1 aromatic heterocycles. The van der Waals surface area contributed by atoms with E-state index in [0.29, 0.717) is 5.15 Å². The second kappa shape index (κ2) is 4.22. The van der Waals surface area contributed by atoms with Crippen LogP contribution in [0.25, 0.3) is 11.3 Å². The maximum Gasteiger partial charge on any atom is 0.154 e. The zero-order valence-corrected chi connectivity index (χ0v) is 10.3. The number of rotatable bonds is 1. The maximum atomic E-state index is 5.93. The molecular formula is C13H13ClN2. The number of nitrogens with zero attached hydrogens (tertiary/aromatic N) is 2. The Morgan fingerprint density at radius 1 is 1.00 bits per heavy atom. The molecule has 3 heteroatoms. The predicted molar refractivity (Wildman–Crippen MR) is 66.7 cm³/mol. The van der Waals surface area contributed by atoms with Gasteiger partial charge in [-0.25, -0.2) is 0 Å². The first-order valence-corrected chi connectivity index (χ1v) is 5.54. The Balaban J connectivity index is 2.61. The highest BCUT2D eigenvalue weighted by Crippen LogP contribution is 2.25. The summed E-state index contributed by atoms with van der Waals surface area (Å²) in [5.41, 5.74) is 5.29. The highest BCUT2D eigenvalue weighted by Gasteiger charge is 2.09. The van der Waals surface area contributed by atoms with Crippen LogP contribution in [0.2, 0.25) is 5.15 Å². The van der Waals surface area contributed by atoms with E-state index in [2.05, 4.69) is 29.3 Å². The molecule has 1 heterocycles. The first-order valence-electron chi connectivity index (χ1n) is 5.16. The second-order valence-electron chi connectivity index (χ2n) is 3.96. The topological polar surface area (TPSA) is 25.8 Å². The van der Waals surface area contributed by atoms with Crippen LogP contribution >= 0.6 is 11.6 Å². The van der Waals surface area contributed by atoms with Gasteiger partial charge >= 0.3 is 0 Å². The molecule has 0 atom stereocenters. The van der Waals surface area contributed by atoms with Crippen LogP contribution in [-0.2, 0) is 0 Å². The molecule has 0 aliphatic carbocycles. The molecule has 0 saturated heterocycles. The standard InChI is InChI=1S/C13H13ClN2/c1-8-5-4-6-11(7-8)12-9(2)10(3)13(14)16-15-12/h4-7H,1-3H3. The van der Waals surface area contributed by atoms with Crippen molar-refractivity contribution in [1.82, 2.24) is 10.2 Å². The highest BCUT2D eigenvalue weighted by molar-refractivity contribution is 6.30. The molecule has 2 aromatic rings. The summed E-state index contributed by atoms with van der Waals surface area (Å²) in [5, 5.41) is 8.61. The van der Waals surface area contributed by atoms with Crippen molar-refractivity contribution >= 4 is 11.6 Å². The molecule has 0 radical (unpaired) electrons. The molecule has 0 aliphatic rings. The maximum absolute atomic E-state index is 5.93. The number of aryl methyl sites for hydroxylation is 1. The first kappa shape index (κ1) is 11.1. The summed E-state index contributed by atoms with van der Waals surface area (Å²) in [6, 6.07) is 8.23. The lowest BCUT2D eigenvalue weighted by Crippen LogP contribution is -1.96. The zero-order chi connectivity index (χ0) is 11.7. The minimum atomic E-state index is 0.480. The van der Waals surface area contributed by atoms with E-state index in [-0.39, 0.29) is 0 Å². The average molecular weight is 233 g/mol. The van der Waals surface area contributed by atoms with Crippen molar-refractivity contribution in [3.63, 3.8) is 0 Å². The zero-order valence-electron chi connectivity index (χ0n) is 9.58. The molecule has 2 rings (SSSR count). The summed E-state index contributed by atoms with van der Waals surface area (Å²) in [6.07, 6.45) is 0. The predicted octanol–water partition coefficient (Wildman–Crippen LogP) is 3.72. The molecular weight excluding hydrogens is 220 g/mol. The quantitative estimate of drug-likeness (QED) is 0.749. The molecule has 0 amide bonds. The van der Waals surface area contributed by atoms with Gasteiger partial charge < -0.3 is 0 Å². The summed E-state index contributed by atoms with van der Waals surface area (Å²) >= 11 is 5.93. The molecule has 0 unspecified atom stereocenters. The fourth-order valence-electron chi connectivity index (χ4n) is 1.64. The van der Waals surface area contributed by atoms with Crippen molar-refractivity contribution < 1.29 is 0 Å². The Labute approximate surface area is 100 Å². The van der Waals surface area contributed by atoms with E-state index in [1.54, 1.807) is 0 Å². The monoisotopic (exact) mass is 232 g/mol. The smallest absolute Gasteiger partial charge is 0.149 e. The summed E-state index contributed by atoms with van der Waals surface area (Å²) in [5.74, 6) is 0. The van der Waals surface area contributed by atoms with Crippen LogP contribution in [0.3, 0.4) is 0 Å². The van der Waals surface area contributed by atoms with Crippen molar-refractivity contribution in [2.45, 2.75) is 20.8 Å². The molecule has 0 spiro atoms. The van der Waals surface area contributed by atoms with Crippen LogP contribution in [0.1, 0.15) is 16.7 Å². The third kappa shape index (κ3) is 1.93. The van der Waals surface area contributed by atoms with Gasteiger partial charge in [0.25, 0.3) is 0 Å². The van der Waals surface area contributed by atoms with Gasteiger partial charge in [-0.05, 0) is 38.0 Å². The number of hydrogen-bond donors (Lipinski definition) is 0. The largest absolute Gasteiger partial charge is 0.154 e. The molecule has 0 fully saturated rings. The number of aromatic nitrogens is 2. The molecule has 0 saturated carbocycles. The third-order valence-electron chi connectivity index (χ3n) is 2.76. The van der Waals surface area contributed by atoms with E-state index < -0.39 is 0 Å². The summed E-state index contributed by atoms with van der Waals surface area (Å²) in [7, 11) is 0. The van der Waals surface area contributed by atoms with E-state index in [0.717, 1.165) is 22.4 Å². The van der Waals surface area contributed by atoms with Gasteiger partial charge in [-0.1, -0.05) is 35.4 Å². The lowest BCUT2D eigenvalue weighted by molar-refractivity contribution is 1.00. The minimum Gasteiger partial charge on any atom is -0.149 e. The van der Waals surface area contributed by atoms with E-state index in [9.17, 15) is 0 Å². The Bertz CT molecular complexity index is 535. The summed E-state index contributed by atoms with van der Waals surface area (Å²) in [4.78, 5) is 0.